The van der Waals surface area contributed by atoms with Crippen LogP contribution in [0.3, 0.4) is 0 Å². The van der Waals surface area contributed by atoms with Crippen LogP contribution < -0.4 is 5.56 Å². The Labute approximate surface area is 145 Å². The highest BCUT2D eigenvalue weighted by molar-refractivity contribution is 5.73. The number of benzene rings is 1. The second-order valence-electron chi connectivity index (χ2n) is 6.19. The van der Waals surface area contributed by atoms with Crippen molar-refractivity contribution in [2.24, 2.45) is 0 Å². The predicted molar refractivity (Wildman–Crippen MR) is 86.9 cm³/mol. The van der Waals surface area contributed by atoms with Gasteiger partial charge in [0.05, 0.1) is 24.4 Å². The van der Waals surface area contributed by atoms with Crippen LogP contribution in [-0.4, -0.2) is 33.0 Å². The van der Waals surface area contributed by atoms with Crippen molar-refractivity contribution in [1.29, 1.82) is 0 Å². The smallest absolute Gasteiger partial charge is 0.379 e. The molecule has 0 radical (unpaired) electrons. The number of ether oxygens (including phenoxy) is 1. The van der Waals surface area contributed by atoms with Crippen LogP contribution in [0.15, 0.2) is 35.3 Å². The van der Waals surface area contributed by atoms with Crippen LogP contribution in [0.25, 0.3) is 11.0 Å². The van der Waals surface area contributed by atoms with Crippen molar-refractivity contribution in [2.75, 3.05) is 13.2 Å². The van der Waals surface area contributed by atoms with E-state index < -0.39 is 17.3 Å². The molecule has 6 nitrogen and oxygen atoms in total. The van der Waals surface area contributed by atoms with Crippen LogP contribution in [0.1, 0.15) is 29.4 Å². The van der Waals surface area contributed by atoms with Crippen LogP contribution in [0.5, 0.6) is 0 Å². The van der Waals surface area contributed by atoms with E-state index in [1.165, 1.54) is 24.4 Å². The van der Waals surface area contributed by atoms with E-state index in [2.05, 4.69) is 15.1 Å². The van der Waals surface area contributed by atoms with Gasteiger partial charge in [-0.15, -0.1) is 0 Å². The summed E-state index contributed by atoms with van der Waals surface area (Å²) >= 11 is 0. The first-order valence-electron chi connectivity index (χ1n) is 8.13. The number of hydrogen-bond donors (Lipinski definition) is 1. The zero-order valence-electron chi connectivity index (χ0n) is 13.6. The van der Waals surface area contributed by atoms with Gasteiger partial charge >= 0.3 is 6.18 Å². The van der Waals surface area contributed by atoms with Crippen LogP contribution in [-0.2, 0) is 17.3 Å². The van der Waals surface area contributed by atoms with Gasteiger partial charge in [0, 0.05) is 13.0 Å². The van der Waals surface area contributed by atoms with E-state index in [1.54, 1.807) is 4.68 Å². The van der Waals surface area contributed by atoms with Gasteiger partial charge < -0.3 is 9.72 Å². The molecule has 0 bridgehead atoms. The summed E-state index contributed by atoms with van der Waals surface area (Å²) in [5, 5.41) is 4.53. The molecule has 0 spiro atoms. The highest BCUT2D eigenvalue weighted by Gasteiger charge is 2.33. The maximum Gasteiger partial charge on any atom is 0.416 e. The Morgan fingerprint density at radius 2 is 2.12 bits per heavy atom. The number of aromatic nitrogens is 4. The number of nitrogens with one attached hydrogen (secondary N) is 1. The van der Waals surface area contributed by atoms with E-state index in [9.17, 15) is 18.0 Å². The molecule has 1 atom stereocenters. The van der Waals surface area contributed by atoms with Crippen LogP contribution in [0.2, 0.25) is 0 Å². The summed E-state index contributed by atoms with van der Waals surface area (Å²) in [6.07, 6.45) is -2.43. The lowest BCUT2D eigenvalue weighted by Crippen LogP contribution is -2.17. The Balaban J connectivity index is 1.76. The van der Waals surface area contributed by atoms with Crippen molar-refractivity contribution in [2.45, 2.75) is 25.1 Å². The van der Waals surface area contributed by atoms with Crippen LogP contribution >= 0.6 is 0 Å². The zero-order valence-corrected chi connectivity index (χ0v) is 13.6. The fourth-order valence-corrected chi connectivity index (χ4v) is 3.18. The summed E-state index contributed by atoms with van der Waals surface area (Å²) in [6, 6.07) is 5.24. The fraction of sp³-hybridized carbons (Fsp3) is 0.353. The molecule has 1 saturated heterocycles. The number of aromatic amines is 1. The van der Waals surface area contributed by atoms with Crippen LogP contribution in [0, 0.1) is 0 Å². The van der Waals surface area contributed by atoms with Crippen LogP contribution in [0.4, 0.5) is 13.2 Å². The monoisotopic (exact) mass is 364 g/mol. The molecule has 136 valence electrons. The third-order valence-electron chi connectivity index (χ3n) is 4.44. The number of nitrogens with zero attached hydrogens (tertiary/aromatic N) is 3. The molecular weight excluding hydrogens is 349 g/mol. The van der Waals surface area contributed by atoms with Crippen molar-refractivity contribution in [3.8, 4) is 0 Å². The summed E-state index contributed by atoms with van der Waals surface area (Å²) in [5.74, 6) is 0.167. The minimum absolute atomic E-state index is 0.0305. The third-order valence-corrected chi connectivity index (χ3v) is 4.44. The minimum Gasteiger partial charge on any atom is -0.379 e. The van der Waals surface area contributed by atoms with Crippen molar-refractivity contribution >= 4 is 11.0 Å². The Bertz CT molecular complexity index is 1000. The number of hydrogen-bond acceptors (Lipinski definition) is 4. The number of rotatable bonds is 3. The number of H-pyrrole nitrogens is 1. The predicted octanol–water partition coefficient (Wildman–Crippen LogP) is 2.69. The van der Waals surface area contributed by atoms with Gasteiger partial charge in [-0.05, 0) is 18.1 Å². The molecular formula is C17H15F3N4O2. The van der Waals surface area contributed by atoms with E-state index in [0.29, 0.717) is 24.2 Å². The SMILES string of the molecule is O=c1[nH]c(Cc2ccccc2C(F)(F)F)nc2c1cnn2C1CCOC1. The second kappa shape index (κ2) is 6.24. The Kier molecular flexibility index (Phi) is 4.03. The standard InChI is InChI=1S/C17H15F3N4O2/c18-17(19,20)13-4-2-1-3-10(13)7-14-22-15-12(16(25)23-14)8-21-24(15)11-5-6-26-9-11/h1-4,8,11H,5-7,9H2,(H,22,23,25). The molecule has 1 fully saturated rings. The topological polar surface area (TPSA) is 72.8 Å². The molecule has 0 amide bonds. The summed E-state index contributed by atoms with van der Waals surface area (Å²) in [5.41, 5.74) is -0.735. The van der Waals surface area contributed by atoms with Gasteiger partial charge in [0.2, 0.25) is 0 Å². The number of alkyl halides is 3. The fourth-order valence-electron chi connectivity index (χ4n) is 3.18. The van der Waals surface area contributed by atoms with E-state index in [1.807, 2.05) is 0 Å². The largest absolute Gasteiger partial charge is 0.416 e. The molecule has 1 aliphatic heterocycles. The van der Waals surface area contributed by atoms with E-state index in [0.717, 1.165) is 12.5 Å². The molecule has 26 heavy (non-hydrogen) atoms. The van der Waals surface area contributed by atoms with Crippen molar-refractivity contribution < 1.29 is 17.9 Å². The third kappa shape index (κ3) is 2.98. The highest BCUT2D eigenvalue weighted by Crippen LogP contribution is 2.32. The Morgan fingerprint density at radius 3 is 2.85 bits per heavy atom. The lowest BCUT2D eigenvalue weighted by Gasteiger charge is -2.13. The second-order valence-corrected chi connectivity index (χ2v) is 6.19. The van der Waals surface area contributed by atoms with Crippen molar-refractivity contribution in [3.63, 3.8) is 0 Å². The molecule has 0 aliphatic carbocycles. The zero-order chi connectivity index (χ0) is 18.3. The number of halogens is 3. The average molecular weight is 364 g/mol. The van der Waals surface area contributed by atoms with Gasteiger partial charge in [-0.1, -0.05) is 18.2 Å². The van der Waals surface area contributed by atoms with E-state index >= 15 is 0 Å². The van der Waals surface area contributed by atoms with Gasteiger partial charge in [0.1, 0.15) is 11.2 Å². The van der Waals surface area contributed by atoms with Gasteiger partial charge in [-0.3, -0.25) is 4.79 Å². The summed E-state index contributed by atoms with van der Waals surface area (Å²) < 4.78 is 46.5. The maximum atomic E-state index is 13.2. The molecule has 1 aromatic carbocycles. The maximum absolute atomic E-state index is 13.2. The van der Waals surface area contributed by atoms with Gasteiger partial charge in [-0.25, -0.2) is 9.67 Å². The molecule has 9 heteroatoms. The highest BCUT2D eigenvalue weighted by atomic mass is 19.4. The molecule has 3 aromatic rings. The molecule has 1 N–H and O–H groups in total. The average Bonchev–Trinajstić information content (AvgIpc) is 3.23. The molecule has 2 aromatic heterocycles. The molecule has 1 aliphatic rings. The van der Waals surface area contributed by atoms with Gasteiger partial charge in [0.25, 0.3) is 5.56 Å². The first-order chi connectivity index (χ1) is 12.4. The molecule has 4 rings (SSSR count). The van der Waals surface area contributed by atoms with Crippen molar-refractivity contribution in [1.82, 2.24) is 19.7 Å². The Morgan fingerprint density at radius 1 is 1.31 bits per heavy atom. The van der Waals surface area contributed by atoms with Gasteiger partial charge in [0.15, 0.2) is 5.65 Å². The summed E-state index contributed by atoms with van der Waals surface area (Å²) in [4.78, 5) is 19.2. The normalized spacial score (nSPS) is 17.9. The first kappa shape index (κ1) is 16.8. The van der Waals surface area contributed by atoms with Gasteiger partial charge in [-0.2, -0.15) is 18.3 Å². The molecule has 3 heterocycles. The summed E-state index contributed by atoms with van der Waals surface area (Å²) in [7, 11) is 0. The molecule has 0 saturated carbocycles. The quantitative estimate of drug-likeness (QED) is 0.776. The molecule has 1 unspecified atom stereocenters. The summed E-state index contributed by atoms with van der Waals surface area (Å²) in [6.45, 7) is 1.07. The Hall–Kier alpha value is -2.68. The lowest BCUT2D eigenvalue weighted by atomic mass is 10.0. The minimum atomic E-state index is -4.47. The van der Waals surface area contributed by atoms with Crippen molar-refractivity contribution in [3.05, 3.63) is 57.8 Å². The first-order valence-corrected chi connectivity index (χ1v) is 8.13. The van der Waals surface area contributed by atoms with E-state index in [-0.39, 0.29) is 23.9 Å². The van der Waals surface area contributed by atoms with E-state index in [4.69, 9.17) is 4.74 Å². The lowest BCUT2D eigenvalue weighted by molar-refractivity contribution is -0.138. The number of fused-ring (bicyclic) bond motifs is 1.